The highest BCUT2D eigenvalue weighted by atomic mass is 16.5. The first-order chi connectivity index (χ1) is 15.2. The molecule has 0 unspecified atom stereocenters. The highest BCUT2D eigenvalue weighted by Gasteiger charge is 2.23. The van der Waals surface area contributed by atoms with Gasteiger partial charge < -0.3 is 29.4 Å². The van der Waals surface area contributed by atoms with Crippen molar-refractivity contribution in [3.63, 3.8) is 0 Å². The van der Waals surface area contributed by atoms with Gasteiger partial charge in [0.05, 0.1) is 26.2 Å². The number of carbonyl (C=O) groups is 2. The van der Waals surface area contributed by atoms with Gasteiger partial charge in [0.15, 0.2) is 11.5 Å². The number of methoxy groups -OCH3 is 2. The maximum Gasteiger partial charge on any atom is 0.340 e. The van der Waals surface area contributed by atoms with E-state index < -0.39 is 23.5 Å². The Bertz CT molecular complexity index is 1210. The van der Waals surface area contributed by atoms with Crippen molar-refractivity contribution in [3.8, 4) is 17.2 Å². The molecule has 9 nitrogen and oxygen atoms in total. The molecular weight excluding hydrogens is 418 g/mol. The van der Waals surface area contributed by atoms with Crippen molar-refractivity contribution < 1.29 is 33.7 Å². The molecular formula is C23H23NO8. The number of carboxylic acid groups (broad SMARTS) is 1. The van der Waals surface area contributed by atoms with Gasteiger partial charge in [0.2, 0.25) is 5.91 Å². The van der Waals surface area contributed by atoms with Crippen molar-refractivity contribution in [2.75, 3.05) is 14.2 Å². The number of hydrogen-bond acceptors (Lipinski definition) is 7. The van der Waals surface area contributed by atoms with Crippen molar-refractivity contribution in [1.29, 1.82) is 0 Å². The van der Waals surface area contributed by atoms with E-state index in [2.05, 4.69) is 5.32 Å². The van der Waals surface area contributed by atoms with Crippen LogP contribution in [0, 0.1) is 6.92 Å². The van der Waals surface area contributed by atoms with E-state index in [0.717, 1.165) is 0 Å². The third-order valence-electron chi connectivity index (χ3n) is 5.14. The number of benzene rings is 2. The number of hydrogen-bond donors (Lipinski definition) is 3. The van der Waals surface area contributed by atoms with Gasteiger partial charge in [-0.05, 0) is 36.2 Å². The third kappa shape index (κ3) is 4.83. The number of phenolic OH excluding ortho intramolecular Hbond substituents is 1. The average molecular weight is 441 g/mol. The molecule has 0 aliphatic rings. The molecule has 9 heteroatoms. The lowest BCUT2D eigenvalue weighted by Crippen LogP contribution is -2.43. The van der Waals surface area contributed by atoms with Crippen LogP contribution >= 0.6 is 0 Å². The lowest BCUT2D eigenvalue weighted by atomic mass is 10.0. The van der Waals surface area contributed by atoms with E-state index in [0.29, 0.717) is 28.0 Å². The van der Waals surface area contributed by atoms with E-state index in [1.54, 1.807) is 25.1 Å². The van der Waals surface area contributed by atoms with Crippen molar-refractivity contribution in [1.82, 2.24) is 5.32 Å². The van der Waals surface area contributed by atoms with Gasteiger partial charge in [0.1, 0.15) is 17.4 Å². The van der Waals surface area contributed by atoms with Gasteiger partial charge in [-0.3, -0.25) is 4.79 Å². The van der Waals surface area contributed by atoms with Crippen LogP contribution < -0.4 is 20.4 Å². The Kier molecular flexibility index (Phi) is 6.67. The number of phenols is 1. The van der Waals surface area contributed by atoms with E-state index in [4.69, 9.17) is 13.9 Å². The lowest BCUT2D eigenvalue weighted by molar-refractivity contribution is -0.141. The highest BCUT2D eigenvalue weighted by molar-refractivity contribution is 5.88. The van der Waals surface area contributed by atoms with Crippen LogP contribution in [0.25, 0.3) is 11.0 Å². The zero-order valence-corrected chi connectivity index (χ0v) is 17.8. The summed E-state index contributed by atoms with van der Waals surface area (Å²) in [4.78, 5) is 36.8. The number of carbonyl (C=O) groups excluding carboxylic acids is 1. The molecule has 1 amide bonds. The minimum absolute atomic E-state index is 0.0175. The number of nitrogens with one attached hydrogen (secondary N) is 1. The molecule has 1 atom stereocenters. The molecule has 3 aromatic rings. The van der Waals surface area contributed by atoms with Crippen LogP contribution in [0.5, 0.6) is 17.2 Å². The van der Waals surface area contributed by atoms with Gasteiger partial charge in [-0.1, -0.05) is 12.1 Å². The molecule has 1 aromatic heterocycles. The second-order valence-electron chi connectivity index (χ2n) is 7.20. The monoisotopic (exact) mass is 441 g/mol. The molecule has 0 spiro atoms. The molecule has 3 N–H and O–H groups in total. The number of aryl methyl sites for hydroxylation is 1. The van der Waals surface area contributed by atoms with Gasteiger partial charge in [-0.25, -0.2) is 9.59 Å². The van der Waals surface area contributed by atoms with Crippen LogP contribution in [-0.4, -0.2) is 42.4 Å². The average Bonchev–Trinajstić information content (AvgIpc) is 2.76. The Hall–Kier alpha value is -4.01. The fourth-order valence-corrected chi connectivity index (χ4v) is 3.39. The molecule has 3 rings (SSSR count). The summed E-state index contributed by atoms with van der Waals surface area (Å²) >= 11 is 0. The topological polar surface area (TPSA) is 135 Å². The minimum atomic E-state index is -1.22. The van der Waals surface area contributed by atoms with E-state index in [-0.39, 0.29) is 29.7 Å². The Morgan fingerprint density at radius 2 is 1.72 bits per heavy atom. The highest BCUT2D eigenvalue weighted by Crippen LogP contribution is 2.33. The normalized spacial score (nSPS) is 11.7. The molecule has 2 aromatic carbocycles. The Morgan fingerprint density at radius 3 is 2.31 bits per heavy atom. The first kappa shape index (κ1) is 22.7. The van der Waals surface area contributed by atoms with Gasteiger partial charge in [0, 0.05) is 17.9 Å². The SMILES string of the molecule is COc1cc2oc(=O)c(CC(=O)N[C@@H](Cc3ccc(O)cc3)C(=O)O)c(C)c2cc1OC. The van der Waals surface area contributed by atoms with Crippen molar-refractivity contribution >= 4 is 22.8 Å². The summed E-state index contributed by atoms with van der Waals surface area (Å²) in [6.07, 6.45) is -0.332. The molecule has 0 aliphatic heterocycles. The molecule has 1 heterocycles. The molecule has 0 bridgehead atoms. The summed E-state index contributed by atoms with van der Waals surface area (Å²) in [5.41, 5.74) is 0.861. The van der Waals surface area contributed by atoms with Gasteiger partial charge in [-0.2, -0.15) is 0 Å². The maximum absolute atomic E-state index is 12.6. The first-order valence-electron chi connectivity index (χ1n) is 9.71. The number of rotatable bonds is 8. The smallest absolute Gasteiger partial charge is 0.340 e. The molecule has 0 radical (unpaired) electrons. The fourth-order valence-electron chi connectivity index (χ4n) is 3.39. The summed E-state index contributed by atoms with van der Waals surface area (Å²) in [7, 11) is 2.94. The van der Waals surface area contributed by atoms with E-state index >= 15 is 0 Å². The number of fused-ring (bicyclic) bond motifs is 1. The molecule has 0 aliphatic carbocycles. The van der Waals surface area contributed by atoms with Gasteiger partial charge in [-0.15, -0.1) is 0 Å². The predicted molar refractivity (Wildman–Crippen MR) is 115 cm³/mol. The van der Waals surface area contributed by atoms with Crippen LogP contribution in [0.4, 0.5) is 0 Å². The van der Waals surface area contributed by atoms with Crippen LogP contribution in [-0.2, 0) is 22.4 Å². The predicted octanol–water partition coefficient (Wildman–Crippen LogP) is 2.18. The molecule has 0 saturated carbocycles. The largest absolute Gasteiger partial charge is 0.508 e. The summed E-state index contributed by atoms with van der Waals surface area (Å²) in [5.74, 6) is -0.965. The van der Waals surface area contributed by atoms with Gasteiger partial charge >= 0.3 is 11.6 Å². The van der Waals surface area contributed by atoms with Crippen LogP contribution in [0.3, 0.4) is 0 Å². The first-order valence-corrected chi connectivity index (χ1v) is 9.71. The van der Waals surface area contributed by atoms with E-state index in [9.17, 15) is 24.6 Å². The number of amides is 1. The zero-order valence-electron chi connectivity index (χ0n) is 17.8. The van der Waals surface area contributed by atoms with Crippen molar-refractivity contribution in [2.24, 2.45) is 0 Å². The van der Waals surface area contributed by atoms with Crippen LogP contribution in [0.15, 0.2) is 45.6 Å². The second kappa shape index (κ2) is 9.42. The standard InChI is InChI=1S/C23H23NO8/c1-12-15-9-19(30-2)20(31-3)11-18(15)32-23(29)16(12)10-21(26)24-17(22(27)28)8-13-4-6-14(25)7-5-13/h4-7,9,11,17,25H,8,10H2,1-3H3,(H,24,26)(H,27,28)/t17-/m0/s1. The third-order valence-corrected chi connectivity index (χ3v) is 5.14. The Balaban J connectivity index is 1.85. The number of aromatic hydroxyl groups is 1. The molecule has 0 saturated heterocycles. The van der Waals surface area contributed by atoms with Gasteiger partial charge in [0.25, 0.3) is 0 Å². The second-order valence-corrected chi connectivity index (χ2v) is 7.20. The van der Waals surface area contributed by atoms with Crippen LogP contribution in [0.2, 0.25) is 0 Å². The Morgan fingerprint density at radius 1 is 1.09 bits per heavy atom. The fraction of sp³-hybridized carbons (Fsp3) is 0.261. The zero-order chi connectivity index (χ0) is 23.4. The maximum atomic E-state index is 12.6. The van der Waals surface area contributed by atoms with Crippen LogP contribution in [0.1, 0.15) is 16.7 Å². The van der Waals surface area contributed by atoms with Crippen molar-refractivity contribution in [3.05, 3.63) is 63.5 Å². The van der Waals surface area contributed by atoms with E-state index in [1.807, 2.05) is 0 Å². The summed E-state index contributed by atoms with van der Waals surface area (Å²) in [6, 6.07) is 7.99. The lowest BCUT2D eigenvalue weighted by Gasteiger charge is -2.16. The number of carboxylic acids is 1. The summed E-state index contributed by atoms with van der Waals surface area (Å²) in [5, 5.41) is 21.9. The Labute approximate surface area is 183 Å². The molecule has 32 heavy (non-hydrogen) atoms. The number of ether oxygens (including phenoxy) is 2. The van der Waals surface area contributed by atoms with E-state index in [1.165, 1.54) is 32.4 Å². The number of aliphatic carboxylic acids is 1. The quantitative estimate of drug-likeness (QED) is 0.453. The molecule has 0 fully saturated rings. The summed E-state index contributed by atoms with van der Waals surface area (Å²) in [6.45, 7) is 1.68. The van der Waals surface area contributed by atoms with Crippen molar-refractivity contribution in [2.45, 2.75) is 25.8 Å². The minimum Gasteiger partial charge on any atom is -0.508 e. The summed E-state index contributed by atoms with van der Waals surface area (Å²) < 4.78 is 15.9. The molecule has 168 valence electrons.